The minimum Gasteiger partial charge on any atom is -1.00 e. The average Bonchev–Trinajstić information content (AvgIpc) is 3.20. The summed E-state index contributed by atoms with van der Waals surface area (Å²) >= 11 is 0. The van der Waals surface area contributed by atoms with Crippen LogP contribution in [-0.4, -0.2) is 20.2 Å². The molecule has 0 radical (unpaired) electrons. The zero-order chi connectivity index (χ0) is 12.9. The van der Waals surface area contributed by atoms with Crippen LogP contribution in [0.5, 0.6) is 0 Å². The van der Waals surface area contributed by atoms with Crippen LogP contribution in [0, 0.1) is 6.08 Å². The first kappa shape index (κ1) is 20.8. The number of tetrazole rings is 1. The first-order valence-electron chi connectivity index (χ1n) is 6.04. The Labute approximate surface area is 160 Å². The Hall–Kier alpha value is -1.16. The number of hydrogen-bond donors (Lipinski definition) is 0. The van der Waals surface area contributed by atoms with Crippen LogP contribution in [0.2, 0.25) is 0 Å². The normalized spacial score (nSPS) is 10.9. The molecule has 7 heteroatoms. The molecule has 2 aromatic carbocycles. The first-order valence-corrected chi connectivity index (χ1v) is 6.04. The SMILES string of the molecule is [C-]1=CC=CC1.[Cl-].[Cl-].[Zr+4].c1ccc2[cH-]c(-n3ncnn3)cc2c1. The second kappa shape index (κ2) is 10.5. The number of fused-ring (bicyclic) bond motifs is 1. The summed E-state index contributed by atoms with van der Waals surface area (Å²) in [5, 5.41) is 13.9. The predicted molar refractivity (Wildman–Crippen MR) is 73.8 cm³/mol. The van der Waals surface area contributed by atoms with Crippen LogP contribution in [0.15, 0.2) is 61.0 Å². The molecule has 4 rings (SSSR count). The molecule has 1 aliphatic carbocycles. The summed E-state index contributed by atoms with van der Waals surface area (Å²) in [4.78, 5) is 1.51. The van der Waals surface area contributed by atoms with Crippen molar-refractivity contribution in [1.29, 1.82) is 0 Å². The van der Waals surface area contributed by atoms with Crippen molar-refractivity contribution in [3.63, 3.8) is 0 Å². The molecule has 0 atom stereocenters. The van der Waals surface area contributed by atoms with Gasteiger partial charge in [-0.15, -0.1) is 57.7 Å². The molecule has 0 saturated heterocycles. The molecule has 22 heavy (non-hydrogen) atoms. The van der Waals surface area contributed by atoms with Gasteiger partial charge in [-0.2, -0.15) is 10.9 Å². The van der Waals surface area contributed by atoms with Crippen LogP contribution >= 0.6 is 0 Å². The van der Waals surface area contributed by atoms with E-state index in [0.717, 1.165) is 12.1 Å². The zero-order valence-corrected chi connectivity index (χ0v) is 15.5. The quantitative estimate of drug-likeness (QED) is 0.398. The third kappa shape index (κ3) is 5.24. The Balaban J connectivity index is 0.000000482. The van der Waals surface area contributed by atoms with Gasteiger partial charge in [0, 0.05) is 0 Å². The van der Waals surface area contributed by atoms with Gasteiger partial charge in [0.15, 0.2) is 6.33 Å². The summed E-state index contributed by atoms with van der Waals surface area (Å²) in [7, 11) is 0. The van der Waals surface area contributed by atoms with Gasteiger partial charge in [0.2, 0.25) is 0 Å². The van der Waals surface area contributed by atoms with E-state index in [0.29, 0.717) is 0 Å². The number of hydrogen-bond acceptors (Lipinski definition) is 3. The van der Waals surface area contributed by atoms with Crippen LogP contribution in [0.4, 0.5) is 0 Å². The van der Waals surface area contributed by atoms with Gasteiger partial charge in [-0.05, 0) is 10.9 Å². The van der Waals surface area contributed by atoms with Crippen LogP contribution in [0.1, 0.15) is 6.42 Å². The number of allylic oxidation sites excluding steroid dienone is 4. The maximum Gasteiger partial charge on any atom is 4.00 e. The van der Waals surface area contributed by atoms with E-state index in [4.69, 9.17) is 0 Å². The molecule has 4 nitrogen and oxygen atoms in total. The molecule has 0 spiro atoms. The third-order valence-corrected chi connectivity index (χ3v) is 2.77. The Bertz CT molecular complexity index is 677. The number of halogens is 2. The summed E-state index contributed by atoms with van der Waals surface area (Å²) in [6.07, 6.45) is 11.4. The fourth-order valence-electron chi connectivity index (χ4n) is 1.88. The van der Waals surface area contributed by atoms with E-state index in [2.05, 4.69) is 39.7 Å². The van der Waals surface area contributed by atoms with Crippen molar-refractivity contribution in [1.82, 2.24) is 20.2 Å². The molecule has 110 valence electrons. The minimum atomic E-state index is 0. The summed E-state index contributed by atoms with van der Waals surface area (Å²) in [6, 6.07) is 12.2. The van der Waals surface area contributed by atoms with Gasteiger partial charge < -0.3 is 24.8 Å². The van der Waals surface area contributed by atoms with E-state index < -0.39 is 0 Å². The topological polar surface area (TPSA) is 43.6 Å². The van der Waals surface area contributed by atoms with E-state index in [-0.39, 0.29) is 51.0 Å². The van der Waals surface area contributed by atoms with Gasteiger partial charge in [-0.3, -0.25) is 6.08 Å². The Morgan fingerprint density at radius 2 is 2.00 bits per heavy atom. The van der Waals surface area contributed by atoms with E-state index in [9.17, 15) is 0 Å². The van der Waals surface area contributed by atoms with Crippen molar-refractivity contribution >= 4 is 10.8 Å². The Morgan fingerprint density at radius 3 is 2.55 bits per heavy atom. The molecular weight excluding hydrogens is 398 g/mol. The van der Waals surface area contributed by atoms with Gasteiger partial charge in [-0.25, -0.2) is 12.2 Å². The van der Waals surface area contributed by atoms with Gasteiger partial charge in [0.1, 0.15) is 0 Å². The van der Waals surface area contributed by atoms with Crippen molar-refractivity contribution in [2.75, 3.05) is 0 Å². The van der Waals surface area contributed by atoms with Crippen molar-refractivity contribution in [3.05, 3.63) is 67.0 Å². The van der Waals surface area contributed by atoms with Crippen LogP contribution < -0.4 is 24.8 Å². The molecule has 0 fully saturated rings. The first-order chi connectivity index (χ1) is 9.43. The second-order valence-electron chi connectivity index (χ2n) is 4.07. The van der Waals surface area contributed by atoms with Crippen molar-refractivity contribution in [2.45, 2.75) is 6.42 Å². The minimum absolute atomic E-state index is 0. The van der Waals surface area contributed by atoms with Crippen LogP contribution in [-0.2, 0) is 26.2 Å². The predicted octanol–water partition coefficient (Wildman–Crippen LogP) is -3.15. The smallest absolute Gasteiger partial charge is 1.00 e. The van der Waals surface area contributed by atoms with Crippen LogP contribution in [0.3, 0.4) is 0 Å². The molecule has 0 saturated carbocycles. The maximum absolute atomic E-state index is 3.98. The van der Waals surface area contributed by atoms with E-state index in [1.165, 1.54) is 21.9 Å². The maximum atomic E-state index is 3.98. The van der Waals surface area contributed by atoms with E-state index in [1.54, 1.807) is 0 Å². The molecular formula is C15H12Cl2N4Zr. The number of benzene rings is 1. The number of aromatic nitrogens is 4. The van der Waals surface area contributed by atoms with Gasteiger partial charge in [0.05, 0.1) is 0 Å². The number of rotatable bonds is 1. The molecule has 0 unspecified atom stereocenters. The fraction of sp³-hybridized carbons (Fsp3) is 0.0667. The summed E-state index contributed by atoms with van der Waals surface area (Å²) in [5.41, 5.74) is 0.948. The molecule has 1 aromatic heterocycles. The molecule has 0 amide bonds. The zero-order valence-electron chi connectivity index (χ0n) is 11.5. The fourth-order valence-corrected chi connectivity index (χ4v) is 1.88. The molecule has 1 aliphatic rings. The standard InChI is InChI=1S/C10H7N4.C5H5.2ClH.Zr/c1-2-4-9-6-10(5-8(9)3-1)14-12-7-11-13-14;1-2-4-5-3-1;;;/h1-7H;1-3H,4H2;2*1H;/q2*-1;;;+4/p-2. The molecule has 3 aromatic rings. The van der Waals surface area contributed by atoms with Gasteiger partial charge >= 0.3 is 26.2 Å². The Kier molecular flexibility index (Phi) is 9.99. The van der Waals surface area contributed by atoms with Crippen molar-refractivity contribution < 1.29 is 51.0 Å². The number of nitrogens with zero attached hydrogens (tertiary/aromatic N) is 4. The third-order valence-electron chi connectivity index (χ3n) is 2.77. The van der Waals surface area contributed by atoms with E-state index in [1.807, 2.05) is 36.4 Å². The van der Waals surface area contributed by atoms with Crippen molar-refractivity contribution in [2.24, 2.45) is 0 Å². The molecule has 0 N–H and O–H groups in total. The van der Waals surface area contributed by atoms with E-state index >= 15 is 0 Å². The summed E-state index contributed by atoms with van der Waals surface area (Å²) < 4.78 is 0. The van der Waals surface area contributed by atoms with Crippen LogP contribution in [0.25, 0.3) is 16.5 Å². The Morgan fingerprint density at radius 1 is 1.18 bits per heavy atom. The average molecular weight is 410 g/mol. The molecule has 1 heterocycles. The van der Waals surface area contributed by atoms with Gasteiger partial charge in [-0.1, -0.05) is 6.07 Å². The summed E-state index contributed by atoms with van der Waals surface area (Å²) in [5.74, 6) is 0. The second-order valence-corrected chi connectivity index (χ2v) is 4.07. The molecule has 0 aliphatic heterocycles. The van der Waals surface area contributed by atoms with Crippen molar-refractivity contribution in [3.8, 4) is 5.69 Å². The van der Waals surface area contributed by atoms with Gasteiger partial charge in [0.25, 0.3) is 0 Å². The summed E-state index contributed by atoms with van der Waals surface area (Å²) in [6.45, 7) is 0. The molecule has 0 bridgehead atoms. The monoisotopic (exact) mass is 408 g/mol. The largest absolute Gasteiger partial charge is 4.00 e.